The molecule has 0 spiro atoms. The Morgan fingerprint density at radius 1 is 0.567 bits per heavy atom. The SMILES string of the molecule is CCC[SiH](C)[Zr]([Cl])([Cl])([CH]1C(CC2CCCCC2)=Cc2c(-c3ccc(C(C)CC)cc3)cccc21)[CH]1C(CC2CCCCC2)=Cc2c(-c3ccc(C(C)CC)cc3)cccc21. The Bertz CT molecular complexity index is 2020. The van der Waals surface area contributed by atoms with E-state index in [-0.39, 0.29) is 7.25 Å². The van der Waals surface area contributed by atoms with Crippen molar-refractivity contribution >= 4 is 35.1 Å². The van der Waals surface area contributed by atoms with Crippen molar-refractivity contribution in [3.05, 3.63) is 129 Å². The third kappa shape index (κ3) is 8.53. The summed E-state index contributed by atoms with van der Waals surface area (Å²) in [5.74, 6) is 0.835. The number of halogens is 2. The van der Waals surface area contributed by atoms with Gasteiger partial charge in [0, 0.05) is 0 Å². The second-order valence-electron chi connectivity index (χ2n) is 20.1. The standard InChI is InChI=1S/2C26H31.C4H11Si.2ClH.Zr/c2*1-3-19(2)22-12-14-23(15-13-22)25-11-7-10-24-17-21(18-26(24)25)16-20-8-5-4-6-9-20;1-3-4-5-2;;;/h2*7,10-15,17-20H,3-6,8-9,16H2,1-2H3;5H,3-4H2,1-2H3;2*1H;/q;;;;;+2/p-2. The van der Waals surface area contributed by atoms with Gasteiger partial charge in [-0.2, -0.15) is 0 Å². The molecule has 2 fully saturated rings. The molecule has 60 heavy (non-hydrogen) atoms. The molecule has 319 valence electrons. The van der Waals surface area contributed by atoms with Gasteiger partial charge in [-0.3, -0.25) is 0 Å². The number of rotatable bonds is 15. The van der Waals surface area contributed by atoms with Crippen LogP contribution in [0.3, 0.4) is 0 Å². The van der Waals surface area contributed by atoms with Gasteiger partial charge in [0.15, 0.2) is 0 Å². The topological polar surface area (TPSA) is 0 Å². The molecule has 4 aliphatic carbocycles. The van der Waals surface area contributed by atoms with Crippen LogP contribution in [0.15, 0.2) is 96.1 Å². The zero-order valence-electron chi connectivity index (χ0n) is 37.8. The quantitative estimate of drug-likeness (QED) is 0.104. The van der Waals surface area contributed by atoms with Crippen LogP contribution in [-0.2, 0) is 15.6 Å². The number of fused-ring (bicyclic) bond motifs is 2. The Balaban J connectivity index is 1.32. The zero-order chi connectivity index (χ0) is 42.0. The molecule has 4 heteroatoms. The van der Waals surface area contributed by atoms with Crippen molar-refractivity contribution in [1.82, 2.24) is 0 Å². The Hall–Kier alpha value is -1.96. The first-order chi connectivity index (χ1) is 29.0. The third-order valence-corrected chi connectivity index (χ3v) is 66.8. The van der Waals surface area contributed by atoms with E-state index in [9.17, 15) is 17.0 Å². The normalized spacial score (nSPS) is 22.0. The molecule has 0 amide bonds. The minimum absolute atomic E-state index is 0.142. The van der Waals surface area contributed by atoms with Crippen LogP contribution in [0.2, 0.25) is 12.6 Å². The summed E-state index contributed by atoms with van der Waals surface area (Å²) in [6, 6.07) is 34.6. The fraction of sp³-hybridized carbons (Fsp3) is 0.500. The maximum atomic E-state index is 9.31. The molecule has 4 aromatic rings. The Labute approximate surface area is 373 Å². The monoisotopic (exact) mass is 933 g/mol. The Morgan fingerprint density at radius 2 is 0.967 bits per heavy atom. The number of allylic oxidation sites excluding steroid dienone is 2. The van der Waals surface area contributed by atoms with Gasteiger partial charge in [0.2, 0.25) is 0 Å². The third-order valence-electron chi connectivity index (χ3n) is 16.4. The van der Waals surface area contributed by atoms with Crippen molar-refractivity contribution in [2.45, 2.75) is 163 Å². The van der Waals surface area contributed by atoms with Gasteiger partial charge in [-0.25, -0.2) is 0 Å². The van der Waals surface area contributed by atoms with E-state index < -0.39 is 21.5 Å². The molecule has 0 saturated heterocycles. The summed E-state index contributed by atoms with van der Waals surface area (Å²) in [7, 11) is 18.6. The van der Waals surface area contributed by atoms with Gasteiger partial charge >= 0.3 is 377 Å². The molecule has 0 heterocycles. The van der Waals surface area contributed by atoms with Gasteiger partial charge in [0.1, 0.15) is 0 Å². The van der Waals surface area contributed by atoms with E-state index in [0.717, 1.165) is 32.1 Å². The summed E-state index contributed by atoms with van der Waals surface area (Å²) in [5, 5.41) is 0. The van der Waals surface area contributed by atoms with Crippen molar-refractivity contribution in [1.29, 1.82) is 0 Å². The van der Waals surface area contributed by atoms with Crippen LogP contribution in [0.1, 0.15) is 183 Å². The van der Waals surface area contributed by atoms with Crippen molar-refractivity contribution in [3.8, 4) is 22.3 Å². The van der Waals surface area contributed by atoms with Crippen molar-refractivity contribution in [3.63, 3.8) is 0 Å². The van der Waals surface area contributed by atoms with Crippen LogP contribution in [0.25, 0.3) is 34.4 Å². The molecule has 0 N–H and O–H groups in total. The molecular weight excluding hydrogens is 863 g/mol. The molecule has 8 rings (SSSR count). The fourth-order valence-corrected chi connectivity index (χ4v) is 53.7. The second kappa shape index (κ2) is 19.0. The van der Waals surface area contributed by atoms with Crippen LogP contribution in [0, 0.1) is 11.8 Å². The molecule has 4 aliphatic rings. The summed E-state index contributed by atoms with van der Waals surface area (Å²) in [4.78, 5) is 0. The van der Waals surface area contributed by atoms with Gasteiger partial charge in [-0.1, -0.05) is 0 Å². The first-order valence-electron chi connectivity index (χ1n) is 24.5. The van der Waals surface area contributed by atoms with E-state index in [1.54, 1.807) is 11.1 Å². The zero-order valence-corrected chi connectivity index (χ0v) is 43.0. The molecular formula is C56H73Cl2SiZr. The molecule has 4 aromatic carbocycles. The fourth-order valence-electron chi connectivity index (χ4n) is 12.4. The van der Waals surface area contributed by atoms with Gasteiger partial charge in [-0.15, -0.1) is 0 Å². The molecule has 2 saturated carbocycles. The van der Waals surface area contributed by atoms with E-state index in [2.05, 4.69) is 138 Å². The summed E-state index contributed by atoms with van der Waals surface area (Å²) in [5.41, 5.74) is 17.1. The predicted molar refractivity (Wildman–Crippen MR) is 265 cm³/mol. The van der Waals surface area contributed by atoms with Gasteiger partial charge in [-0.05, 0) is 0 Å². The summed E-state index contributed by atoms with van der Waals surface area (Å²) < 4.78 is 0.284. The van der Waals surface area contributed by atoms with E-state index in [4.69, 9.17) is 0 Å². The van der Waals surface area contributed by atoms with Gasteiger partial charge in [0.05, 0.1) is 0 Å². The van der Waals surface area contributed by atoms with Gasteiger partial charge < -0.3 is 0 Å². The van der Waals surface area contributed by atoms with Crippen LogP contribution >= 0.6 is 17.0 Å². The number of hydrogen-bond acceptors (Lipinski definition) is 0. The van der Waals surface area contributed by atoms with Gasteiger partial charge in [0.25, 0.3) is 0 Å². The average Bonchev–Trinajstić information content (AvgIpc) is 3.86. The first kappa shape index (κ1) is 44.6. The van der Waals surface area contributed by atoms with Crippen molar-refractivity contribution in [2.75, 3.05) is 0 Å². The minimum atomic E-state index is -5.08. The van der Waals surface area contributed by atoms with E-state index in [1.807, 2.05) is 0 Å². The molecule has 0 bridgehead atoms. The van der Waals surface area contributed by atoms with E-state index >= 15 is 0 Å². The van der Waals surface area contributed by atoms with Crippen LogP contribution < -0.4 is 0 Å². The second-order valence-corrected chi connectivity index (χ2v) is 61.4. The Morgan fingerprint density at radius 3 is 1.33 bits per heavy atom. The molecule has 5 atom stereocenters. The molecule has 0 aliphatic heterocycles. The molecule has 0 nitrogen and oxygen atoms in total. The molecule has 0 aromatic heterocycles. The van der Waals surface area contributed by atoms with Crippen LogP contribution in [0.5, 0.6) is 0 Å². The van der Waals surface area contributed by atoms with Crippen LogP contribution in [0.4, 0.5) is 0 Å². The van der Waals surface area contributed by atoms with E-state index in [0.29, 0.717) is 23.7 Å². The Kier molecular flexibility index (Phi) is 14.2. The van der Waals surface area contributed by atoms with Crippen molar-refractivity contribution in [2.24, 2.45) is 11.8 Å². The number of benzene rings is 4. The number of hydrogen-bond donors (Lipinski definition) is 0. The predicted octanol–water partition coefficient (Wildman–Crippen LogP) is 18.3. The van der Waals surface area contributed by atoms with Crippen LogP contribution in [-0.4, -0.2) is 5.92 Å². The molecule has 5 unspecified atom stereocenters. The summed E-state index contributed by atoms with van der Waals surface area (Å²) in [6.07, 6.45) is 24.6. The molecule has 0 radical (unpaired) electrons. The maximum absolute atomic E-state index is 9.31. The summed E-state index contributed by atoms with van der Waals surface area (Å²) >= 11 is -5.08. The van der Waals surface area contributed by atoms with E-state index in [1.165, 1.54) is 126 Å². The first-order valence-corrected chi connectivity index (χ1v) is 40.5. The summed E-state index contributed by atoms with van der Waals surface area (Å²) in [6.45, 7) is 14.3. The van der Waals surface area contributed by atoms with Crippen molar-refractivity contribution < 1.29 is 15.6 Å². The average molecular weight is 936 g/mol.